The van der Waals surface area contributed by atoms with Gasteiger partial charge >= 0.3 is 0 Å². The SMILES string of the molecule is Cc1ccc(-c2nc(-c3cc(C(=O)NCCC4=CCCCC4)c(C)n3CC(C)C)cs2)cn1. The predicted molar refractivity (Wildman–Crippen MR) is 137 cm³/mol. The molecule has 174 valence electrons. The van der Waals surface area contributed by atoms with Crippen LogP contribution in [0.15, 0.2) is 41.4 Å². The first-order chi connectivity index (χ1) is 15.9. The summed E-state index contributed by atoms with van der Waals surface area (Å²) < 4.78 is 2.25. The zero-order chi connectivity index (χ0) is 23.4. The zero-order valence-electron chi connectivity index (χ0n) is 20.1. The van der Waals surface area contributed by atoms with Crippen LogP contribution in [0.4, 0.5) is 0 Å². The molecule has 0 saturated carbocycles. The minimum absolute atomic E-state index is 0.00542. The van der Waals surface area contributed by atoms with Crippen molar-refractivity contribution in [1.29, 1.82) is 0 Å². The van der Waals surface area contributed by atoms with Gasteiger partial charge in [0.1, 0.15) is 5.01 Å². The lowest BCUT2D eigenvalue weighted by Gasteiger charge is -2.14. The van der Waals surface area contributed by atoms with Crippen molar-refractivity contribution in [2.45, 2.75) is 66.3 Å². The van der Waals surface area contributed by atoms with E-state index in [9.17, 15) is 4.79 Å². The van der Waals surface area contributed by atoms with Crippen LogP contribution >= 0.6 is 11.3 Å². The Balaban J connectivity index is 1.56. The van der Waals surface area contributed by atoms with Crippen LogP contribution in [0.3, 0.4) is 0 Å². The average molecular weight is 463 g/mol. The van der Waals surface area contributed by atoms with Gasteiger partial charge in [0.25, 0.3) is 5.91 Å². The fraction of sp³-hybridized carbons (Fsp3) is 0.444. The van der Waals surface area contributed by atoms with E-state index in [1.807, 2.05) is 32.2 Å². The minimum Gasteiger partial charge on any atom is -0.352 e. The summed E-state index contributed by atoms with van der Waals surface area (Å²) in [6.45, 7) is 9.96. The van der Waals surface area contributed by atoms with Gasteiger partial charge < -0.3 is 9.88 Å². The van der Waals surface area contributed by atoms with Crippen molar-refractivity contribution in [2.75, 3.05) is 6.54 Å². The Hall–Kier alpha value is -2.73. The molecule has 1 aliphatic carbocycles. The van der Waals surface area contributed by atoms with Crippen LogP contribution in [0, 0.1) is 19.8 Å². The van der Waals surface area contributed by atoms with Gasteiger partial charge in [-0.2, -0.15) is 0 Å². The summed E-state index contributed by atoms with van der Waals surface area (Å²) in [5.41, 5.74) is 7.15. The zero-order valence-corrected chi connectivity index (χ0v) is 21.0. The Bertz CT molecular complexity index is 1140. The molecule has 1 amide bonds. The number of nitrogens with one attached hydrogen (secondary N) is 1. The van der Waals surface area contributed by atoms with Gasteiger partial charge in [-0.3, -0.25) is 9.78 Å². The summed E-state index contributed by atoms with van der Waals surface area (Å²) in [7, 11) is 0. The van der Waals surface area contributed by atoms with Gasteiger partial charge in [0.05, 0.1) is 17.0 Å². The number of aromatic nitrogens is 3. The van der Waals surface area contributed by atoms with Crippen molar-refractivity contribution in [3.8, 4) is 22.0 Å². The molecule has 0 aromatic carbocycles. The van der Waals surface area contributed by atoms with Gasteiger partial charge in [-0.1, -0.05) is 25.5 Å². The lowest BCUT2D eigenvalue weighted by Crippen LogP contribution is -2.25. The van der Waals surface area contributed by atoms with Gasteiger partial charge in [0, 0.05) is 41.6 Å². The number of carbonyl (C=O) groups is 1. The number of aryl methyl sites for hydroxylation is 1. The van der Waals surface area contributed by atoms with E-state index in [0.29, 0.717) is 12.5 Å². The topological polar surface area (TPSA) is 59.8 Å². The average Bonchev–Trinajstić information content (AvgIpc) is 3.40. The highest BCUT2D eigenvalue weighted by Gasteiger charge is 2.21. The van der Waals surface area contributed by atoms with Crippen LogP contribution in [-0.4, -0.2) is 27.0 Å². The highest BCUT2D eigenvalue weighted by Crippen LogP contribution is 2.32. The fourth-order valence-electron chi connectivity index (χ4n) is 4.37. The molecule has 3 heterocycles. The van der Waals surface area contributed by atoms with Crippen molar-refractivity contribution in [3.63, 3.8) is 0 Å². The molecular formula is C27H34N4OS. The number of amides is 1. The lowest BCUT2D eigenvalue weighted by molar-refractivity contribution is 0.0953. The van der Waals surface area contributed by atoms with Crippen LogP contribution in [-0.2, 0) is 6.54 Å². The van der Waals surface area contributed by atoms with Crippen molar-refractivity contribution >= 4 is 17.2 Å². The smallest absolute Gasteiger partial charge is 0.253 e. The lowest BCUT2D eigenvalue weighted by atomic mass is 9.97. The van der Waals surface area contributed by atoms with Crippen molar-refractivity contribution < 1.29 is 4.79 Å². The van der Waals surface area contributed by atoms with E-state index >= 15 is 0 Å². The van der Waals surface area contributed by atoms with Crippen LogP contribution in [0.2, 0.25) is 0 Å². The third kappa shape index (κ3) is 5.61. The molecule has 0 atom stereocenters. The first-order valence-electron chi connectivity index (χ1n) is 12.0. The molecule has 0 spiro atoms. The van der Waals surface area contributed by atoms with Crippen molar-refractivity contribution in [1.82, 2.24) is 19.9 Å². The van der Waals surface area contributed by atoms with E-state index in [1.54, 1.807) is 11.3 Å². The molecule has 4 rings (SSSR count). The number of hydrogen-bond donors (Lipinski definition) is 1. The molecule has 1 N–H and O–H groups in total. The van der Waals surface area contributed by atoms with Crippen LogP contribution in [0.5, 0.6) is 0 Å². The third-order valence-electron chi connectivity index (χ3n) is 6.20. The summed E-state index contributed by atoms with van der Waals surface area (Å²) in [4.78, 5) is 22.4. The summed E-state index contributed by atoms with van der Waals surface area (Å²) in [6.07, 6.45) is 10.1. The van der Waals surface area contributed by atoms with E-state index < -0.39 is 0 Å². The quantitative estimate of drug-likeness (QED) is 0.385. The van der Waals surface area contributed by atoms with Crippen LogP contribution in [0.1, 0.15) is 67.7 Å². The van der Waals surface area contributed by atoms with E-state index in [-0.39, 0.29) is 5.91 Å². The number of nitrogens with zero attached hydrogens (tertiary/aromatic N) is 3. The predicted octanol–water partition coefficient (Wildman–Crippen LogP) is 6.57. The van der Waals surface area contributed by atoms with Crippen LogP contribution in [0.25, 0.3) is 22.0 Å². The normalized spacial score (nSPS) is 13.9. The number of hydrogen-bond acceptors (Lipinski definition) is 4. The minimum atomic E-state index is 0.00542. The molecule has 6 heteroatoms. The number of thiazole rings is 1. The molecule has 0 unspecified atom stereocenters. The van der Waals surface area contributed by atoms with Gasteiger partial charge in [-0.05, 0) is 70.1 Å². The molecule has 0 bridgehead atoms. The molecule has 5 nitrogen and oxygen atoms in total. The van der Waals surface area contributed by atoms with Gasteiger partial charge in [-0.15, -0.1) is 11.3 Å². The highest BCUT2D eigenvalue weighted by atomic mass is 32.1. The Morgan fingerprint density at radius 2 is 2.09 bits per heavy atom. The maximum atomic E-state index is 13.1. The van der Waals surface area contributed by atoms with Gasteiger partial charge in [-0.25, -0.2) is 4.98 Å². The molecule has 0 radical (unpaired) electrons. The first kappa shape index (κ1) is 23.4. The molecule has 3 aromatic heterocycles. The standard InChI is InChI=1S/C27H34N4OS/c1-18(2)16-31-20(4)23(26(32)28-13-12-21-8-6-5-7-9-21)14-25(31)24-17-33-27(30-24)22-11-10-19(3)29-15-22/h8,10-11,14-15,17-18H,5-7,9,12-13,16H2,1-4H3,(H,28,32). The van der Waals surface area contributed by atoms with Gasteiger partial charge in [0.15, 0.2) is 0 Å². The van der Waals surface area contributed by atoms with Gasteiger partial charge in [0.2, 0.25) is 0 Å². The number of allylic oxidation sites excluding steroid dienone is 1. The third-order valence-corrected chi connectivity index (χ3v) is 7.09. The summed E-state index contributed by atoms with van der Waals surface area (Å²) in [6, 6.07) is 6.08. The second kappa shape index (κ2) is 10.5. The Morgan fingerprint density at radius 1 is 1.24 bits per heavy atom. The fourth-order valence-corrected chi connectivity index (χ4v) is 5.17. The van der Waals surface area contributed by atoms with Crippen molar-refractivity contribution in [3.05, 3.63) is 58.4 Å². The summed E-state index contributed by atoms with van der Waals surface area (Å²) in [5.74, 6) is 0.467. The Kier molecular flexibility index (Phi) is 7.43. The van der Waals surface area contributed by atoms with Crippen molar-refractivity contribution in [2.24, 2.45) is 5.92 Å². The van der Waals surface area contributed by atoms with E-state index in [1.165, 1.54) is 31.3 Å². The number of carbonyl (C=O) groups excluding carboxylic acids is 1. The Morgan fingerprint density at radius 3 is 2.79 bits per heavy atom. The highest BCUT2D eigenvalue weighted by molar-refractivity contribution is 7.13. The van der Waals surface area contributed by atoms with E-state index in [4.69, 9.17) is 4.98 Å². The van der Waals surface area contributed by atoms with E-state index in [2.05, 4.69) is 46.2 Å². The Labute approximate surface area is 201 Å². The second-order valence-corrected chi connectivity index (χ2v) is 10.2. The maximum Gasteiger partial charge on any atom is 0.253 e. The summed E-state index contributed by atoms with van der Waals surface area (Å²) >= 11 is 1.61. The number of rotatable bonds is 8. The number of pyridine rings is 1. The molecule has 33 heavy (non-hydrogen) atoms. The second-order valence-electron chi connectivity index (χ2n) is 9.37. The molecule has 3 aromatic rings. The maximum absolute atomic E-state index is 13.1. The molecule has 0 aliphatic heterocycles. The largest absolute Gasteiger partial charge is 0.352 e. The molecule has 0 fully saturated rings. The molecule has 0 saturated heterocycles. The van der Waals surface area contributed by atoms with E-state index in [0.717, 1.165) is 51.9 Å². The summed E-state index contributed by atoms with van der Waals surface area (Å²) in [5, 5.41) is 6.17. The molecule has 1 aliphatic rings. The molecular weight excluding hydrogens is 428 g/mol. The first-order valence-corrected chi connectivity index (χ1v) is 12.9. The monoisotopic (exact) mass is 462 g/mol. The van der Waals surface area contributed by atoms with Crippen LogP contribution < -0.4 is 5.32 Å².